The quantitative estimate of drug-likeness (QED) is 0.774. The fraction of sp³-hybridized carbons (Fsp3) is 0.353. The van der Waals surface area contributed by atoms with Crippen molar-refractivity contribution in [1.82, 2.24) is 19.6 Å². The summed E-state index contributed by atoms with van der Waals surface area (Å²) in [6.45, 7) is -2.01. The van der Waals surface area contributed by atoms with E-state index in [4.69, 9.17) is 11.6 Å². The van der Waals surface area contributed by atoms with Gasteiger partial charge in [0.2, 0.25) is 11.8 Å². The van der Waals surface area contributed by atoms with E-state index in [-0.39, 0.29) is 24.0 Å². The number of alkyl halides is 2. The second-order valence-electron chi connectivity index (χ2n) is 6.04. The third-order valence-electron chi connectivity index (χ3n) is 4.16. The lowest BCUT2D eigenvalue weighted by Gasteiger charge is -2.34. The number of aromatic nitrogens is 2. The molecule has 0 radical (unpaired) electrons. The van der Waals surface area contributed by atoms with Gasteiger partial charge in [-0.1, -0.05) is 23.7 Å². The number of piperazine rings is 1. The number of ether oxygens (including phenoxy) is 1. The van der Waals surface area contributed by atoms with Crippen molar-refractivity contribution in [1.29, 1.82) is 0 Å². The zero-order valence-corrected chi connectivity index (χ0v) is 15.2. The Morgan fingerprint density at radius 1 is 1.30 bits per heavy atom. The first-order chi connectivity index (χ1) is 12.8. The van der Waals surface area contributed by atoms with Crippen LogP contribution in [-0.2, 0) is 18.4 Å². The van der Waals surface area contributed by atoms with Gasteiger partial charge in [-0.2, -0.15) is 13.9 Å². The molecular formula is C17H17ClF2N4O3. The van der Waals surface area contributed by atoms with Crippen LogP contribution in [0.25, 0.3) is 0 Å². The van der Waals surface area contributed by atoms with Crippen LogP contribution in [0.2, 0.25) is 5.02 Å². The van der Waals surface area contributed by atoms with Crippen LogP contribution in [0.4, 0.5) is 8.78 Å². The van der Waals surface area contributed by atoms with Gasteiger partial charge in [0.1, 0.15) is 6.54 Å². The Hall–Kier alpha value is -2.68. The SMILES string of the molecule is Cn1nc(C(=O)N2CCN(Cc3ccc(Cl)cc3)C(=O)C2)cc1OC(F)F. The first-order valence-corrected chi connectivity index (χ1v) is 8.51. The van der Waals surface area contributed by atoms with E-state index in [1.54, 1.807) is 17.0 Å². The molecular weight excluding hydrogens is 382 g/mol. The molecule has 0 atom stereocenters. The number of nitrogens with zero attached hydrogens (tertiary/aromatic N) is 4. The molecule has 2 heterocycles. The molecule has 1 saturated heterocycles. The third kappa shape index (κ3) is 4.54. The van der Waals surface area contributed by atoms with E-state index in [0.29, 0.717) is 24.7 Å². The van der Waals surface area contributed by atoms with Crippen molar-refractivity contribution in [2.45, 2.75) is 13.2 Å². The fourth-order valence-corrected chi connectivity index (χ4v) is 2.90. The van der Waals surface area contributed by atoms with Crippen LogP contribution < -0.4 is 4.74 Å². The minimum absolute atomic E-state index is 0.0490. The van der Waals surface area contributed by atoms with E-state index in [1.807, 2.05) is 12.1 Å². The molecule has 144 valence electrons. The van der Waals surface area contributed by atoms with Gasteiger partial charge in [-0.3, -0.25) is 9.59 Å². The molecule has 0 unspecified atom stereocenters. The van der Waals surface area contributed by atoms with E-state index in [0.717, 1.165) is 16.3 Å². The van der Waals surface area contributed by atoms with Crippen LogP contribution in [0.1, 0.15) is 16.1 Å². The third-order valence-corrected chi connectivity index (χ3v) is 4.41. The van der Waals surface area contributed by atoms with Crippen LogP contribution in [-0.4, -0.2) is 57.6 Å². The van der Waals surface area contributed by atoms with Crippen LogP contribution in [0.5, 0.6) is 5.88 Å². The Labute approximate surface area is 159 Å². The molecule has 1 aliphatic heterocycles. The number of benzene rings is 1. The molecule has 3 rings (SSSR count). The highest BCUT2D eigenvalue weighted by molar-refractivity contribution is 6.30. The maximum absolute atomic E-state index is 12.5. The summed E-state index contributed by atoms with van der Waals surface area (Å²) < 4.78 is 30.0. The van der Waals surface area contributed by atoms with Crippen molar-refractivity contribution < 1.29 is 23.1 Å². The van der Waals surface area contributed by atoms with Crippen molar-refractivity contribution in [2.75, 3.05) is 19.6 Å². The summed E-state index contributed by atoms with van der Waals surface area (Å²) >= 11 is 5.85. The topological polar surface area (TPSA) is 67.7 Å². The molecule has 1 fully saturated rings. The molecule has 0 N–H and O–H groups in total. The van der Waals surface area contributed by atoms with Gasteiger partial charge in [0, 0.05) is 37.8 Å². The lowest BCUT2D eigenvalue weighted by molar-refractivity contribution is -0.135. The predicted molar refractivity (Wildman–Crippen MR) is 92.6 cm³/mol. The van der Waals surface area contributed by atoms with Gasteiger partial charge < -0.3 is 14.5 Å². The summed E-state index contributed by atoms with van der Waals surface area (Å²) in [5, 5.41) is 4.51. The van der Waals surface area contributed by atoms with Gasteiger partial charge in [0.05, 0.1) is 0 Å². The normalized spacial score (nSPS) is 14.8. The van der Waals surface area contributed by atoms with Gasteiger partial charge in [-0.25, -0.2) is 4.68 Å². The van der Waals surface area contributed by atoms with E-state index in [2.05, 4.69) is 9.84 Å². The van der Waals surface area contributed by atoms with Gasteiger partial charge in [0.25, 0.3) is 5.91 Å². The molecule has 10 heteroatoms. The van der Waals surface area contributed by atoms with Crippen LogP contribution in [0.15, 0.2) is 30.3 Å². The highest BCUT2D eigenvalue weighted by Crippen LogP contribution is 2.18. The smallest absolute Gasteiger partial charge is 0.388 e. The molecule has 7 nitrogen and oxygen atoms in total. The van der Waals surface area contributed by atoms with Crippen molar-refractivity contribution in [2.24, 2.45) is 7.05 Å². The largest absolute Gasteiger partial charge is 0.417 e. The first-order valence-electron chi connectivity index (χ1n) is 8.14. The number of carbonyl (C=O) groups excluding carboxylic acids is 2. The van der Waals surface area contributed by atoms with Crippen molar-refractivity contribution in [3.05, 3.63) is 46.6 Å². The van der Waals surface area contributed by atoms with Crippen molar-refractivity contribution in [3.63, 3.8) is 0 Å². The van der Waals surface area contributed by atoms with Crippen LogP contribution >= 0.6 is 11.6 Å². The molecule has 27 heavy (non-hydrogen) atoms. The molecule has 0 aliphatic carbocycles. The average Bonchev–Trinajstić information content (AvgIpc) is 2.98. The number of hydrogen-bond acceptors (Lipinski definition) is 4. The highest BCUT2D eigenvalue weighted by atomic mass is 35.5. The molecule has 1 aliphatic rings. The van der Waals surface area contributed by atoms with Gasteiger partial charge in [0.15, 0.2) is 5.69 Å². The number of rotatable bonds is 5. The van der Waals surface area contributed by atoms with Crippen molar-refractivity contribution in [3.8, 4) is 5.88 Å². The maximum atomic E-state index is 12.5. The maximum Gasteiger partial charge on any atom is 0.388 e. The number of carbonyl (C=O) groups is 2. The molecule has 0 bridgehead atoms. The summed E-state index contributed by atoms with van der Waals surface area (Å²) in [6.07, 6.45) is 0. The molecule has 0 saturated carbocycles. The Morgan fingerprint density at radius 3 is 2.63 bits per heavy atom. The summed E-state index contributed by atoms with van der Waals surface area (Å²) in [5.41, 5.74) is 0.887. The monoisotopic (exact) mass is 398 g/mol. The lowest BCUT2D eigenvalue weighted by atomic mass is 10.2. The van der Waals surface area contributed by atoms with Crippen molar-refractivity contribution >= 4 is 23.4 Å². The molecule has 1 aromatic carbocycles. The molecule has 1 aromatic heterocycles. The van der Waals surface area contributed by atoms with E-state index in [9.17, 15) is 18.4 Å². The Bertz CT molecular complexity index is 841. The van der Waals surface area contributed by atoms with Crippen LogP contribution in [0.3, 0.4) is 0 Å². The second kappa shape index (κ2) is 7.91. The van der Waals surface area contributed by atoms with E-state index >= 15 is 0 Å². The summed E-state index contributed by atoms with van der Waals surface area (Å²) in [4.78, 5) is 27.9. The minimum Gasteiger partial charge on any atom is -0.417 e. The summed E-state index contributed by atoms with van der Waals surface area (Å²) in [5.74, 6) is -0.931. The highest BCUT2D eigenvalue weighted by Gasteiger charge is 2.29. The van der Waals surface area contributed by atoms with E-state index in [1.165, 1.54) is 11.9 Å². The Morgan fingerprint density at radius 2 is 2.00 bits per heavy atom. The fourth-order valence-electron chi connectivity index (χ4n) is 2.78. The predicted octanol–water partition coefficient (Wildman–Crippen LogP) is 2.16. The standard InChI is InChI=1S/C17H17ClF2N4O3/c1-22-15(27-17(19)20)8-13(21-22)16(26)24-7-6-23(14(25)10-24)9-11-2-4-12(18)5-3-11/h2-5,8,17H,6-7,9-10H2,1H3. The van der Waals surface area contributed by atoms with Crippen LogP contribution in [0, 0.1) is 0 Å². The number of aryl methyl sites for hydroxylation is 1. The Balaban J connectivity index is 1.62. The van der Waals surface area contributed by atoms with Gasteiger partial charge >= 0.3 is 6.61 Å². The number of amides is 2. The summed E-state index contributed by atoms with van der Waals surface area (Å²) in [7, 11) is 1.39. The van der Waals surface area contributed by atoms with E-state index < -0.39 is 12.5 Å². The zero-order valence-electron chi connectivity index (χ0n) is 14.4. The second-order valence-corrected chi connectivity index (χ2v) is 6.47. The first kappa shape index (κ1) is 19.1. The molecule has 0 spiro atoms. The average molecular weight is 399 g/mol. The van der Waals surface area contributed by atoms with Gasteiger partial charge in [-0.15, -0.1) is 0 Å². The zero-order chi connectivity index (χ0) is 19.6. The Kier molecular flexibility index (Phi) is 5.59. The molecule has 2 aromatic rings. The number of halogens is 3. The summed E-state index contributed by atoms with van der Waals surface area (Å²) in [6, 6.07) is 8.32. The van der Waals surface area contributed by atoms with Gasteiger partial charge in [-0.05, 0) is 17.7 Å². The number of hydrogen-bond donors (Lipinski definition) is 0. The molecule has 2 amide bonds. The lowest BCUT2D eigenvalue weighted by Crippen LogP contribution is -2.51. The minimum atomic E-state index is -3.01.